The number of ketones is 3. The Morgan fingerprint density at radius 3 is 1.33 bits per heavy atom. The lowest BCUT2D eigenvalue weighted by Crippen LogP contribution is -2.60. The van der Waals surface area contributed by atoms with Crippen molar-refractivity contribution in [3.8, 4) is 0 Å². The molecule has 0 bridgehead atoms. The molecule has 0 N–H and O–H groups in total. The molecule has 51 heavy (non-hydrogen) atoms. The van der Waals surface area contributed by atoms with E-state index in [4.69, 9.17) is 33.9 Å². The van der Waals surface area contributed by atoms with Crippen LogP contribution < -0.4 is 0 Å². The monoisotopic (exact) mass is 701 g/mol. The van der Waals surface area contributed by atoms with Crippen molar-refractivity contribution in [3.05, 3.63) is 57.8 Å². The molecule has 3 heterocycles. The van der Waals surface area contributed by atoms with Crippen LogP contribution in [0, 0.1) is 52.2 Å². The highest BCUT2D eigenvalue weighted by molar-refractivity contribution is 6.03. The molecule has 3 aliphatic heterocycles. The number of rotatable bonds is 0. The fraction of sp³-hybridized carbons (Fsp3) is 0.762. The Balaban J connectivity index is 0.000000172. The van der Waals surface area contributed by atoms with Crippen molar-refractivity contribution in [2.45, 2.75) is 171 Å². The van der Waals surface area contributed by atoms with Crippen LogP contribution in [0.4, 0.5) is 0 Å². The first-order chi connectivity index (χ1) is 23.4. The summed E-state index contributed by atoms with van der Waals surface area (Å²) in [6, 6.07) is -0.469. The Kier molecular flexibility index (Phi) is 11.1. The predicted octanol–water partition coefficient (Wildman–Crippen LogP) is 8.79. The number of fused-ring (bicyclic) bond motifs is 3. The van der Waals surface area contributed by atoms with Crippen LogP contribution in [0.25, 0.3) is 14.5 Å². The largest absolute Gasteiger partial charge is 0.374 e. The van der Waals surface area contributed by atoms with E-state index in [1.807, 2.05) is 67.5 Å². The third-order valence-electron chi connectivity index (χ3n) is 12.8. The molecule has 9 heteroatoms. The lowest BCUT2D eigenvalue weighted by atomic mass is 9.57. The molecular formula is C42H59N3O6. The summed E-state index contributed by atoms with van der Waals surface area (Å²) >= 11 is 0. The molecule has 0 radical (unpaired) electrons. The van der Waals surface area contributed by atoms with E-state index < -0.39 is 22.3 Å². The van der Waals surface area contributed by atoms with Gasteiger partial charge >= 0.3 is 0 Å². The fourth-order valence-electron chi connectivity index (χ4n) is 9.88. The van der Waals surface area contributed by atoms with Crippen molar-refractivity contribution in [1.29, 1.82) is 0 Å². The van der Waals surface area contributed by atoms with Gasteiger partial charge in [0.15, 0.2) is 11.6 Å². The van der Waals surface area contributed by atoms with Gasteiger partial charge in [0.1, 0.15) is 0 Å². The molecule has 0 aromatic carbocycles. The van der Waals surface area contributed by atoms with Crippen molar-refractivity contribution < 1.29 is 28.6 Å². The van der Waals surface area contributed by atoms with Gasteiger partial charge in [0.25, 0.3) is 6.04 Å². The van der Waals surface area contributed by atoms with E-state index in [9.17, 15) is 14.4 Å². The van der Waals surface area contributed by atoms with Gasteiger partial charge in [-0.05, 0) is 59.3 Å². The van der Waals surface area contributed by atoms with E-state index in [-0.39, 0.29) is 81.6 Å². The summed E-state index contributed by atoms with van der Waals surface area (Å²) in [6.45, 7) is 45.5. The van der Waals surface area contributed by atoms with Gasteiger partial charge < -0.3 is 28.6 Å². The molecule has 4 fully saturated rings. The van der Waals surface area contributed by atoms with Crippen molar-refractivity contribution >= 4 is 17.3 Å². The summed E-state index contributed by atoms with van der Waals surface area (Å²) < 4.78 is 18.1. The van der Waals surface area contributed by atoms with Crippen LogP contribution in [-0.4, -0.2) is 60.0 Å². The maximum atomic E-state index is 12.3. The van der Waals surface area contributed by atoms with Gasteiger partial charge in [-0.25, -0.2) is 16.3 Å². The van der Waals surface area contributed by atoms with Crippen LogP contribution in [0.15, 0.2) is 23.5 Å². The van der Waals surface area contributed by atoms with E-state index in [1.54, 1.807) is 0 Å². The topological polar surface area (TPSA) is 92.0 Å². The van der Waals surface area contributed by atoms with Gasteiger partial charge in [0.05, 0.1) is 55.2 Å². The Hall–Kier alpha value is -3.16. The van der Waals surface area contributed by atoms with E-state index in [0.717, 1.165) is 38.5 Å². The zero-order valence-electron chi connectivity index (χ0n) is 32.9. The third kappa shape index (κ3) is 7.27. The van der Waals surface area contributed by atoms with Gasteiger partial charge in [-0.3, -0.25) is 4.79 Å². The first-order valence-corrected chi connectivity index (χ1v) is 18.6. The Labute approximate surface area is 306 Å². The van der Waals surface area contributed by atoms with Crippen LogP contribution in [0.3, 0.4) is 0 Å². The molecule has 6 aliphatic rings. The smallest absolute Gasteiger partial charge is 0.282 e. The number of allylic oxidation sites excluding steroid dienone is 2. The van der Waals surface area contributed by atoms with Crippen LogP contribution in [0.5, 0.6) is 0 Å². The minimum atomic E-state index is -0.599. The number of Topliss-reactive ketones (excluding diaryl/α,β-unsaturated/α-hetero) is 3. The lowest BCUT2D eigenvalue weighted by Gasteiger charge is -2.53. The Morgan fingerprint density at radius 1 is 0.588 bits per heavy atom. The predicted molar refractivity (Wildman–Crippen MR) is 196 cm³/mol. The van der Waals surface area contributed by atoms with Crippen molar-refractivity contribution in [2.24, 2.45) is 32.5 Å². The maximum absolute atomic E-state index is 12.3. The van der Waals surface area contributed by atoms with E-state index in [2.05, 4.69) is 42.2 Å². The zero-order chi connectivity index (χ0) is 38.5. The quantitative estimate of drug-likeness (QED) is 0.235. The summed E-state index contributed by atoms with van der Waals surface area (Å²) in [5, 5.41) is 0. The average Bonchev–Trinajstić information content (AvgIpc) is 3.06. The molecule has 1 saturated carbocycles. The summed E-state index contributed by atoms with van der Waals surface area (Å²) in [7, 11) is 0. The molecule has 0 aromatic heterocycles. The van der Waals surface area contributed by atoms with Crippen LogP contribution >= 0.6 is 0 Å². The highest BCUT2D eigenvalue weighted by Gasteiger charge is 2.60. The molecule has 6 rings (SSSR count). The van der Waals surface area contributed by atoms with E-state index in [1.165, 1.54) is 0 Å². The normalized spacial score (nSPS) is 41.7. The molecular weight excluding hydrogens is 642 g/mol. The number of hydrogen-bond acceptors (Lipinski definition) is 6. The molecule has 0 spiro atoms. The fourth-order valence-corrected chi connectivity index (χ4v) is 9.88. The second-order valence-corrected chi connectivity index (χ2v) is 18.6. The second-order valence-electron chi connectivity index (χ2n) is 18.6. The molecule has 3 aliphatic carbocycles. The average molecular weight is 702 g/mol. The number of nitrogens with zero attached hydrogens (tertiary/aromatic N) is 3. The minimum absolute atomic E-state index is 0.0147. The summed E-state index contributed by atoms with van der Waals surface area (Å²) in [6.07, 6.45) is 10.7. The van der Waals surface area contributed by atoms with Crippen molar-refractivity contribution in [1.82, 2.24) is 0 Å². The highest BCUT2D eigenvalue weighted by atomic mass is 16.5. The Morgan fingerprint density at radius 2 is 0.961 bits per heavy atom. The molecule has 0 aromatic rings. The summed E-state index contributed by atoms with van der Waals surface area (Å²) in [4.78, 5) is 47.0. The number of ether oxygens (including phenoxy) is 3. The molecule has 1 unspecified atom stereocenters. The minimum Gasteiger partial charge on any atom is -0.374 e. The van der Waals surface area contributed by atoms with Crippen LogP contribution in [0.2, 0.25) is 0 Å². The maximum Gasteiger partial charge on any atom is 0.282 e. The lowest BCUT2D eigenvalue weighted by molar-refractivity contribution is -0.190. The molecule has 278 valence electrons. The van der Waals surface area contributed by atoms with E-state index >= 15 is 0 Å². The first-order valence-electron chi connectivity index (χ1n) is 18.6. The van der Waals surface area contributed by atoms with Gasteiger partial charge in [0, 0.05) is 33.5 Å². The Bertz CT molecular complexity index is 1540. The molecule has 0 amide bonds. The van der Waals surface area contributed by atoms with Crippen molar-refractivity contribution in [2.75, 3.05) is 0 Å². The highest BCUT2D eigenvalue weighted by Crippen LogP contribution is 2.54. The summed E-state index contributed by atoms with van der Waals surface area (Å²) in [5.41, 5.74) is -1.53. The third-order valence-corrected chi connectivity index (χ3v) is 12.8. The number of carbonyl (C=O) groups is 3. The summed E-state index contributed by atoms with van der Waals surface area (Å²) in [5.74, 6) is -0.0998. The SMILES string of the molecule is [C-]#[N+]C1=C[C@@]2(C)CC[C@H](C)O[C@@H]2C(C)(C)C1=O.[C-]#[N+]C1=C[C@]2(C)CC[C@@H](C)O[C@H]2C(C)(C)C1=O.[C-]#[N+]C1C[C@]2(C)CC[C@@H](C)O[C@H]2C(C)(C)C1=O. The van der Waals surface area contributed by atoms with Crippen molar-refractivity contribution in [3.63, 3.8) is 0 Å². The van der Waals surface area contributed by atoms with Gasteiger partial charge in [-0.2, -0.15) is 0 Å². The second kappa shape index (κ2) is 14.0. The van der Waals surface area contributed by atoms with Gasteiger partial charge in [-0.15, -0.1) is 0 Å². The van der Waals surface area contributed by atoms with Gasteiger partial charge in [0.2, 0.25) is 17.2 Å². The molecule has 9 nitrogen and oxygen atoms in total. The molecule has 10 atom stereocenters. The molecule has 3 saturated heterocycles. The van der Waals surface area contributed by atoms with Crippen LogP contribution in [0.1, 0.15) is 128 Å². The number of hydrogen-bond donors (Lipinski definition) is 0. The first kappa shape index (κ1) is 40.6. The van der Waals surface area contributed by atoms with Gasteiger partial charge in [-0.1, -0.05) is 74.5 Å². The standard InChI is InChI=1S/C14H21NO2.2C14H19NO2/c3*1-9-6-7-14(4)8-10(15-5)11(16)13(2,3)12(14)17-9/h9-10,12H,6-8H2,1-4H3;2*8-9,12H,6-7H2,1-4H3/t9-,10?,12+,14+;2*9-,12+,14+/m110/s1. The zero-order valence-corrected chi connectivity index (χ0v) is 32.9. The van der Waals surface area contributed by atoms with E-state index in [0.29, 0.717) is 6.42 Å². The number of carbonyl (C=O) groups excluding carboxylic acids is 3. The van der Waals surface area contributed by atoms with Crippen LogP contribution in [-0.2, 0) is 28.6 Å².